The summed E-state index contributed by atoms with van der Waals surface area (Å²) in [6, 6.07) is 3.53. The smallest absolute Gasteiger partial charge is 0.413 e. The number of ether oxygens (including phenoxy) is 1. The molecule has 1 rings (SSSR count). The molecule has 0 saturated heterocycles. The Kier molecular flexibility index (Phi) is 5.67. The first-order chi connectivity index (χ1) is 9.31. The number of hydrogen-bond acceptors (Lipinski definition) is 4. The van der Waals surface area contributed by atoms with Crippen LogP contribution in [-0.4, -0.2) is 22.5 Å². The number of nitrogens with one attached hydrogen (secondary N) is 1. The van der Waals surface area contributed by atoms with E-state index in [-0.39, 0.29) is 12.2 Å². The first kappa shape index (κ1) is 16.1. The fourth-order valence-electron chi connectivity index (χ4n) is 1.67. The summed E-state index contributed by atoms with van der Waals surface area (Å²) >= 11 is 0. The summed E-state index contributed by atoms with van der Waals surface area (Å²) in [5.74, 6) is 0.513. The van der Waals surface area contributed by atoms with Crippen LogP contribution in [0.15, 0.2) is 18.3 Å². The number of nitrogens with zero attached hydrogens (tertiary/aromatic N) is 1. The van der Waals surface area contributed by atoms with Crippen LogP contribution in [0.5, 0.6) is 0 Å². The fourth-order valence-corrected chi connectivity index (χ4v) is 1.67. The van der Waals surface area contributed by atoms with E-state index in [1.807, 2.05) is 6.92 Å². The highest BCUT2D eigenvalue weighted by Gasteiger charge is 2.18. The maximum Gasteiger partial charge on any atom is 0.413 e. The molecule has 1 N–H and O–H groups in total. The predicted octanol–water partition coefficient (Wildman–Crippen LogP) is 3.34. The molecule has 1 aromatic heterocycles. The standard InChI is InChI=1S/C15H22N2O3/c1-5-7-12(18)10-11-8-6-9-16-13(11)17-14(19)20-15(2,3)4/h6,8-9H,5,7,10H2,1-4H3,(H,16,17,19). The third kappa shape index (κ3) is 5.82. The van der Waals surface area contributed by atoms with Crippen molar-refractivity contribution in [2.24, 2.45) is 0 Å². The van der Waals surface area contributed by atoms with E-state index < -0.39 is 11.7 Å². The second-order valence-electron chi connectivity index (χ2n) is 5.60. The van der Waals surface area contributed by atoms with Crippen molar-refractivity contribution in [3.05, 3.63) is 23.9 Å². The van der Waals surface area contributed by atoms with Crippen molar-refractivity contribution in [2.75, 3.05) is 5.32 Å². The molecule has 0 radical (unpaired) electrons. The van der Waals surface area contributed by atoms with Gasteiger partial charge < -0.3 is 4.74 Å². The van der Waals surface area contributed by atoms with Gasteiger partial charge in [0, 0.05) is 24.6 Å². The third-order valence-electron chi connectivity index (χ3n) is 2.43. The van der Waals surface area contributed by atoms with E-state index in [1.54, 1.807) is 39.1 Å². The van der Waals surface area contributed by atoms with Crippen molar-refractivity contribution in [1.82, 2.24) is 4.98 Å². The Bertz CT molecular complexity index is 478. The summed E-state index contributed by atoms with van der Waals surface area (Å²) in [4.78, 5) is 27.5. The number of hydrogen-bond donors (Lipinski definition) is 1. The van der Waals surface area contributed by atoms with Crippen LogP contribution in [0.25, 0.3) is 0 Å². The molecule has 110 valence electrons. The van der Waals surface area contributed by atoms with Gasteiger partial charge >= 0.3 is 6.09 Å². The molecule has 0 spiro atoms. The monoisotopic (exact) mass is 278 g/mol. The number of ketones is 1. The number of aromatic nitrogens is 1. The Morgan fingerprint density at radius 3 is 2.65 bits per heavy atom. The highest BCUT2D eigenvalue weighted by Crippen LogP contribution is 2.15. The number of amides is 1. The summed E-state index contributed by atoms with van der Waals surface area (Å²) < 4.78 is 5.17. The molecule has 5 heteroatoms. The van der Waals surface area contributed by atoms with E-state index in [9.17, 15) is 9.59 Å². The highest BCUT2D eigenvalue weighted by molar-refractivity contribution is 5.87. The van der Waals surface area contributed by atoms with E-state index in [4.69, 9.17) is 4.74 Å². The van der Waals surface area contributed by atoms with Gasteiger partial charge in [-0.1, -0.05) is 13.0 Å². The number of anilines is 1. The van der Waals surface area contributed by atoms with Gasteiger partial charge in [-0.3, -0.25) is 10.1 Å². The van der Waals surface area contributed by atoms with Crippen LogP contribution in [0.4, 0.5) is 10.6 Å². The van der Waals surface area contributed by atoms with Gasteiger partial charge in [-0.2, -0.15) is 0 Å². The fraction of sp³-hybridized carbons (Fsp3) is 0.533. The van der Waals surface area contributed by atoms with Gasteiger partial charge in [0.05, 0.1) is 0 Å². The minimum Gasteiger partial charge on any atom is -0.444 e. The molecular formula is C15H22N2O3. The van der Waals surface area contributed by atoms with E-state index in [0.29, 0.717) is 17.8 Å². The Balaban J connectivity index is 2.75. The molecule has 1 heterocycles. The zero-order valence-corrected chi connectivity index (χ0v) is 12.5. The largest absolute Gasteiger partial charge is 0.444 e. The predicted molar refractivity (Wildman–Crippen MR) is 77.7 cm³/mol. The third-order valence-corrected chi connectivity index (χ3v) is 2.43. The van der Waals surface area contributed by atoms with E-state index in [2.05, 4.69) is 10.3 Å². The zero-order chi connectivity index (χ0) is 15.2. The first-order valence-corrected chi connectivity index (χ1v) is 6.77. The molecule has 5 nitrogen and oxygen atoms in total. The van der Waals surface area contributed by atoms with Gasteiger partial charge in [0.25, 0.3) is 0 Å². The van der Waals surface area contributed by atoms with Crippen LogP contribution in [-0.2, 0) is 16.0 Å². The van der Waals surface area contributed by atoms with Gasteiger partial charge in [-0.05, 0) is 33.3 Å². The normalized spacial score (nSPS) is 11.0. The Morgan fingerprint density at radius 2 is 2.05 bits per heavy atom. The summed E-state index contributed by atoms with van der Waals surface area (Å²) in [6.07, 6.45) is 2.61. The summed E-state index contributed by atoms with van der Waals surface area (Å²) in [6.45, 7) is 7.32. The summed E-state index contributed by atoms with van der Waals surface area (Å²) in [7, 11) is 0. The van der Waals surface area contributed by atoms with Crippen molar-refractivity contribution in [3.8, 4) is 0 Å². The lowest BCUT2D eigenvalue weighted by Gasteiger charge is -2.20. The lowest BCUT2D eigenvalue weighted by Crippen LogP contribution is -2.28. The number of Topliss-reactive ketones (excluding diaryl/α,β-unsaturated/α-hetero) is 1. The van der Waals surface area contributed by atoms with Gasteiger partial charge in [-0.15, -0.1) is 0 Å². The first-order valence-electron chi connectivity index (χ1n) is 6.77. The summed E-state index contributed by atoms with van der Waals surface area (Å²) in [5.41, 5.74) is 0.133. The van der Waals surface area contributed by atoms with Crippen LogP contribution in [0.3, 0.4) is 0 Å². The van der Waals surface area contributed by atoms with Crippen LogP contribution in [0, 0.1) is 0 Å². The van der Waals surface area contributed by atoms with E-state index in [1.165, 1.54) is 0 Å². The number of carbonyl (C=O) groups excluding carboxylic acids is 2. The lowest BCUT2D eigenvalue weighted by molar-refractivity contribution is -0.118. The molecule has 0 aromatic carbocycles. The maximum atomic E-state index is 11.7. The van der Waals surface area contributed by atoms with E-state index >= 15 is 0 Å². The quantitative estimate of drug-likeness (QED) is 0.897. The van der Waals surface area contributed by atoms with Crippen LogP contribution < -0.4 is 5.32 Å². The second kappa shape index (κ2) is 7.03. The van der Waals surface area contributed by atoms with Crippen molar-refractivity contribution in [2.45, 2.75) is 52.6 Å². The summed E-state index contributed by atoms with van der Waals surface area (Å²) in [5, 5.41) is 2.59. The average Bonchev–Trinajstić information content (AvgIpc) is 2.29. The second-order valence-corrected chi connectivity index (χ2v) is 5.60. The van der Waals surface area contributed by atoms with Gasteiger partial charge in [0.1, 0.15) is 17.2 Å². The van der Waals surface area contributed by atoms with Crippen LogP contribution in [0.1, 0.15) is 46.1 Å². The number of rotatable bonds is 5. The molecule has 0 aliphatic rings. The topological polar surface area (TPSA) is 68.3 Å². The molecule has 0 fully saturated rings. The lowest BCUT2D eigenvalue weighted by atomic mass is 10.1. The van der Waals surface area contributed by atoms with Gasteiger partial charge in [0.15, 0.2) is 0 Å². The van der Waals surface area contributed by atoms with Crippen molar-refractivity contribution >= 4 is 17.7 Å². The van der Waals surface area contributed by atoms with Crippen molar-refractivity contribution in [1.29, 1.82) is 0 Å². The minimum atomic E-state index is -0.572. The molecule has 0 atom stereocenters. The average molecular weight is 278 g/mol. The van der Waals surface area contributed by atoms with Gasteiger partial charge in [0.2, 0.25) is 0 Å². The molecule has 0 aliphatic heterocycles. The SMILES string of the molecule is CCCC(=O)Cc1cccnc1NC(=O)OC(C)(C)C. The van der Waals surface area contributed by atoms with Crippen molar-refractivity contribution < 1.29 is 14.3 Å². The van der Waals surface area contributed by atoms with Gasteiger partial charge in [-0.25, -0.2) is 9.78 Å². The molecule has 1 aromatic rings. The minimum absolute atomic E-state index is 0.132. The zero-order valence-electron chi connectivity index (χ0n) is 12.5. The molecule has 0 bridgehead atoms. The Hall–Kier alpha value is -1.91. The number of carbonyl (C=O) groups is 2. The molecule has 1 amide bonds. The van der Waals surface area contributed by atoms with Crippen molar-refractivity contribution in [3.63, 3.8) is 0 Å². The molecular weight excluding hydrogens is 256 g/mol. The van der Waals surface area contributed by atoms with Crippen LogP contribution in [0.2, 0.25) is 0 Å². The van der Waals surface area contributed by atoms with E-state index in [0.717, 1.165) is 6.42 Å². The molecule has 20 heavy (non-hydrogen) atoms. The maximum absolute atomic E-state index is 11.7. The highest BCUT2D eigenvalue weighted by atomic mass is 16.6. The number of pyridine rings is 1. The molecule has 0 aliphatic carbocycles. The molecule has 0 unspecified atom stereocenters. The molecule has 0 saturated carbocycles. The Labute approximate surface area is 119 Å². The Morgan fingerprint density at radius 1 is 1.35 bits per heavy atom. The van der Waals surface area contributed by atoms with Crippen LogP contribution >= 0.6 is 0 Å².